The number of rotatable bonds is 16. The number of carbonyl (C=O) groups excluding carboxylic acids is 1. The second-order valence-corrected chi connectivity index (χ2v) is 11.5. The van der Waals surface area contributed by atoms with Gasteiger partial charge < -0.3 is 16.0 Å². The summed E-state index contributed by atoms with van der Waals surface area (Å²) in [6, 6.07) is 7.00. The van der Waals surface area contributed by atoms with Crippen molar-refractivity contribution < 1.29 is 4.79 Å². The third-order valence-corrected chi connectivity index (χ3v) is 6.39. The topological polar surface area (TPSA) is 53.2 Å². The molecule has 0 radical (unpaired) electrons. The van der Waals surface area contributed by atoms with Gasteiger partial charge in [0.15, 0.2) is 5.11 Å². The van der Waals surface area contributed by atoms with E-state index >= 15 is 0 Å². The Bertz CT molecular complexity index is 683. The summed E-state index contributed by atoms with van der Waals surface area (Å²) in [5.74, 6) is -0.180. The molecule has 0 aliphatic heterocycles. The van der Waals surface area contributed by atoms with E-state index in [1.54, 1.807) is 24.3 Å². The number of hydrogen-bond acceptors (Lipinski definition) is 2. The number of nitrogens with one attached hydrogen (secondary N) is 3. The van der Waals surface area contributed by atoms with Gasteiger partial charge >= 0.3 is 0 Å². The van der Waals surface area contributed by atoms with Crippen molar-refractivity contribution in [3.05, 3.63) is 29.3 Å². The van der Waals surface area contributed by atoms with Crippen LogP contribution in [0.25, 0.3) is 0 Å². The number of alkyl halides is 3. The number of unbranched alkanes of at least 4 members (excludes halogenated alkanes) is 11. The van der Waals surface area contributed by atoms with E-state index in [0.29, 0.717) is 11.4 Å². The molecule has 0 heterocycles. The van der Waals surface area contributed by atoms with Gasteiger partial charge in [-0.05, 0) is 42.9 Å². The molecule has 0 unspecified atom stereocenters. The standard InChI is InChI=1S/C24H37Cl4N3OS/c1-2-3-4-5-6-7-8-9-10-11-12-13-14-21(32)30-22(24(26,27)28)31-23(33)29-20-17-15-19(25)16-18-20/h15-18,22H,2-14H2,1H3,(H,30,32)(H2,29,31,33)/t22-/m0/s1. The summed E-state index contributed by atoms with van der Waals surface area (Å²) < 4.78 is -1.77. The minimum Gasteiger partial charge on any atom is -0.339 e. The first-order valence-corrected chi connectivity index (χ1v) is 13.8. The smallest absolute Gasteiger partial charge is 0.228 e. The zero-order valence-electron chi connectivity index (χ0n) is 19.4. The zero-order valence-corrected chi connectivity index (χ0v) is 23.2. The van der Waals surface area contributed by atoms with Crippen LogP contribution in [-0.4, -0.2) is 21.0 Å². The number of anilines is 1. The normalized spacial score (nSPS) is 12.3. The molecule has 188 valence electrons. The number of amides is 1. The van der Waals surface area contributed by atoms with Crippen LogP contribution in [0, 0.1) is 0 Å². The Morgan fingerprint density at radius 1 is 0.848 bits per heavy atom. The van der Waals surface area contributed by atoms with Crippen molar-refractivity contribution in [2.75, 3.05) is 5.32 Å². The summed E-state index contributed by atoms with van der Waals surface area (Å²) in [5, 5.41) is 9.39. The molecule has 9 heteroatoms. The Morgan fingerprint density at radius 2 is 1.33 bits per heavy atom. The van der Waals surface area contributed by atoms with Crippen molar-refractivity contribution in [2.24, 2.45) is 0 Å². The molecule has 3 N–H and O–H groups in total. The second-order valence-electron chi connectivity index (χ2n) is 8.29. The lowest BCUT2D eigenvalue weighted by molar-refractivity contribution is -0.122. The Hall–Kier alpha value is -0.460. The molecule has 0 aromatic heterocycles. The lowest BCUT2D eigenvalue weighted by Gasteiger charge is -2.27. The predicted octanol–water partition coefficient (Wildman–Crippen LogP) is 8.53. The van der Waals surface area contributed by atoms with Crippen LogP contribution in [0.2, 0.25) is 5.02 Å². The van der Waals surface area contributed by atoms with E-state index in [4.69, 9.17) is 58.6 Å². The Kier molecular flexibility index (Phi) is 16.6. The van der Waals surface area contributed by atoms with Gasteiger partial charge in [0.2, 0.25) is 9.70 Å². The molecule has 33 heavy (non-hydrogen) atoms. The minimum absolute atomic E-state index is 0.180. The van der Waals surface area contributed by atoms with Crippen LogP contribution in [0.4, 0.5) is 5.69 Å². The van der Waals surface area contributed by atoms with E-state index in [0.717, 1.165) is 24.9 Å². The first kappa shape index (κ1) is 30.6. The van der Waals surface area contributed by atoms with Gasteiger partial charge in [0.25, 0.3) is 0 Å². The lowest BCUT2D eigenvalue weighted by Crippen LogP contribution is -2.56. The first-order valence-electron chi connectivity index (χ1n) is 11.9. The number of thiocarbonyl (C=S) groups is 1. The van der Waals surface area contributed by atoms with Gasteiger partial charge in [-0.15, -0.1) is 0 Å². The summed E-state index contributed by atoms with van der Waals surface area (Å²) in [4.78, 5) is 12.4. The SMILES string of the molecule is CCCCCCCCCCCCCCC(=O)N[C@@H](NC(=S)Nc1ccc(Cl)cc1)C(Cl)(Cl)Cl. The van der Waals surface area contributed by atoms with Crippen LogP contribution in [0.5, 0.6) is 0 Å². The summed E-state index contributed by atoms with van der Waals surface area (Å²) in [7, 11) is 0. The van der Waals surface area contributed by atoms with Crippen LogP contribution < -0.4 is 16.0 Å². The molecule has 1 rings (SSSR count). The Labute approximate surface area is 224 Å². The van der Waals surface area contributed by atoms with E-state index in [2.05, 4.69) is 22.9 Å². The summed E-state index contributed by atoms with van der Waals surface area (Å²) >= 11 is 29.3. The van der Waals surface area contributed by atoms with Gasteiger partial charge in [0.05, 0.1) is 0 Å². The van der Waals surface area contributed by atoms with E-state index in [1.165, 1.54) is 57.8 Å². The molecule has 4 nitrogen and oxygen atoms in total. The van der Waals surface area contributed by atoms with Gasteiger partial charge in [0, 0.05) is 17.1 Å². The average molecular weight is 557 g/mol. The van der Waals surface area contributed by atoms with Gasteiger partial charge in [-0.2, -0.15) is 0 Å². The van der Waals surface area contributed by atoms with E-state index in [1.807, 2.05) is 0 Å². The molecule has 1 aromatic rings. The molecule has 0 fully saturated rings. The molecule has 1 aromatic carbocycles. The zero-order chi connectivity index (χ0) is 24.5. The Balaban J connectivity index is 2.21. The van der Waals surface area contributed by atoms with Crippen molar-refractivity contribution in [3.63, 3.8) is 0 Å². The number of benzene rings is 1. The summed E-state index contributed by atoms with van der Waals surface area (Å²) in [6.45, 7) is 2.25. The highest BCUT2D eigenvalue weighted by Crippen LogP contribution is 2.29. The molecule has 0 saturated carbocycles. The quantitative estimate of drug-likeness (QED) is 0.0826. The van der Waals surface area contributed by atoms with Crippen molar-refractivity contribution >= 4 is 75.3 Å². The van der Waals surface area contributed by atoms with Gasteiger partial charge in [-0.3, -0.25) is 4.79 Å². The first-order chi connectivity index (χ1) is 15.7. The maximum atomic E-state index is 12.4. The molecule has 1 atom stereocenters. The monoisotopic (exact) mass is 555 g/mol. The van der Waals surface area contributed by atoms with Crippen molar-refractivity contribution in [3.8, 4) is 0 Å². The minimum atomic E-state index is -1.77. The number of carbonyl (C=O) groups is 1. The van der Waals surface area contributed by atoms with Crippen LogP contribution in [0.3, 0.4) is 0 Å². The van der Waals surface area contributed by atoms with E-state index < -0.39 is 9.96 Å². The van der Waals surface area contributed by atoms with E-state index in [-0.39, 0.29) is 11.0 Å². The largest absolute Gasteiger partial charge is 0.339 e. The number of halogens is 4. The maximum Gasteiger partial charge on any atom is 0.228 e. The highest BCUT2D eigenvalue weighted by Gasteiger charge is 2.34. The molecular formula is C24H37Cl4N3OS. The summed E-state index contributed by atoms with van der Waals surface area (Å²) in [5.41, 5.74) is 0.725. The van der Waals surface area contributed by atoms with Gasteiger partial charge in [-0.1, -0.05) is 124 Å². The highest BCUT2D eigenvalue weighted by atomic mass is 35.6. The lowest BCUT2D eigenvalue weighted by atomic mass is 10.0. The average Bonchev–Trinajstić information content (AvgIpc) is 2.75. The van der Waals surface area contributed by atoms with Crippen molar-refractivity contribution in [1.29, 1.82) is 0 Å². The molecule has 0 aliphatic rings. The predicted molar refractivity (Wildman–Crippen MR) is 149 cm³/mol. The van der Waals surface area contributed by atoms with Crippen molar-refractivity contribution in [1.82, 2.24) is 10.6 Å². The fourth-order valence-corrected chi connectivity index (χ4v) is 4.08. The van der Waals surface area contributed by atoms with Crippen LogP contribution in [0.15, 0.2) is 24.3 Å². The molecular weight excluding hydrogens is 520 g/mol. The molecule has 0 saturated heterocycles. The molecule has 1 amide bonds. The van der Waals surface area contributed by atoms with Crippen molar-refractivity contribution in [2.45, 2.75) is 100 Å². The fraction of sp³-hybridized carbons (Fsp3) is 0.667. The van der Waals surface area contributed by atoms with Crippen LogP contribution >= 0.6 is 58.6 Å². The number of hydrogen-bond donors (Lipinski definition) is 3. The third kappa shape index (κ3) is 15.9. The van der Waals surface area contributed by atoms with Gasteiger partial charge in [0.1, 0.15) is 6.17 Å². The molecule has 0 aliphatic carbocycles. The second kappa shape index (κ2) is 17.9. The molecule has 0 bridgehead atoms. The highest BCUT2D eigenvalue weighted by molar-refractivity contribution is 7.80. The van der Waals surface area contributed by atoms with Crippen LogP contribution in [-0.2, 0) is 4.79 Å². The fourth-order valence-electron chi connectivity index (χ4n) is 3.39. The Morgan fingerprint density at radius 3 is 1.82 bits per heavy atom. The maximum absolute atomic E-state index is 12.4. The summed E-state index contributed by atoms with van der Waals surface area (Å²) in [6.07, 6.45) is 14.3. The van der Waals surface area contributed by atoms with E-state index in [9.17, 15) is 4.79 Å². The molecule has 0 spiro atoms. The van der Waals surface area contributed by atoms with Crippen LogP contribution in [0.1, 0.15) is 90.4 Å². The van der Waals surface area contributed by atoms with Gasteiger partial charge in [-0.25, -0.2) is 0 Å². The third-order valence-electron chi connectivity index (χ3n) is 5.27.